The molecule has 4 N–H and O–H groups in total. The lowest BCUT2D eigenvalue weighted by atomic mass is 10.3. The fourth-order valence-electron chi connectivity index (χ4n) is 4.21. The van der Waals surface area contributed by atoms with E-state index in [-0.39, 0.29) is 11.8 Å². The molecule has 2 aromatic heterocycles. The number of carbonyl (C=O) groups is 2. The molecule has 4 aromatic rings. The fourth-order valence-corrected chi connectivity index (χ4v) is 5.56. The quantitative estimate of drug-likeness (QED) is 0.224. The second-order valence-electron chi connectivity index (χ2n) is 9.22. The molecule has 0 saturated carbocycles. The molecule has 2 aliphatic rings. The average molecular weight is 671 g/mol. The highest BCUT2D eigenvalue weighted by Gasteiger charge is 2.41. The number of amides is 4. The number of nitrogens with one attached hydrogen (secondary N) is 2. The van der Waals surface area contributed by atoms with Gasteiger partial charge in [-0.05, 0) is 48.5 Å². The number of aromatic nitrogens is 4. The number of nitrogens with zero attached hydrogens (tertiary/aromatic N) is 10. The summed E-state index contributed by atoms with van der Waals surface area (Å²) in [6, 6.07) is 10.5. The first kappa shape index (κ1) is 29.5. The Labute approximate surface area is 261 Å². The Morgan fingerprint density at radius 3 is 1.84 bits per heavy atom. The van der Waals surface area contributed by atoms with Crippen molar-refractivity contribution in [2.45, 2.75) is 5.25 Å². The summed E-state index contributed by atoms with van der Waals surface area (Å²) in [5.41, 5.74) is 0.193. The van der Waals surface area contributed by atoms with E-state index >= 15 is 0 Å². The lowest BCUT2D eigenvalue weighted by Gasteiger charge is -2.14. The molecule has 1 unspecified atom stereocenters. The smallest absolute Gasteiger partial charge is 0.348 e. The molecule has 18 nitrogen and oxygen atoms in total. The van der Waals surface area contributed by atoms with Gasteiger partial charge >= 0.3 is 12.1 Å². The van der Waals surface area contributed by atoms with E-state index in [1.54, 1.807) is 12.1 Å². The third-order valence-corrected chi connectivity index (χ3v) is 7.89. The maximum atomic E-state index is 13.2. The number of hydrogen-bond acceptors (Lipinski definition) is 10. The minimum atomic E-state index is -4.26. The van der Waals surface area contributed by atoms with E-state index in [9.17, 15) is 28.2 Å². The highest BCUT2D eigenvalue weighted by Crippen LogP contribution is 2.43. The van der Waals surface area contributed by atoms with Gasteiger partial charge in [-0.25, -0.2) is 32.1 Å². The van der Waals surface area contributed by atoms with Gasteiger partial charge in [-0.1, -0.05) is 23.2 Å². The molecule has 45 heavy (non-hydrogen) atoms. The van der Waals surface area contributed by atoms with Gasteiger partial charge in [-0.3, -0.25) is 0 Å². The molecule has 2 aromatic carbocycles. The third kappa shape index (κ3) is 5.73. The molecule has 6 rings (SSSR count). The number of aromatic hydroxyl groups is 2. The number of carbonyl (C=O) groups excluding carboxylic acids is 2. The van der Waals surface area contributed by atoms with Gasteiger partial charge in [-0.2, -0.15) is 15.0 Å². The largest absolute Gasteiger partial charge is 0.493 e. The number of aliphatic imine (C=N–C) groups is 2. The Balaban J connectivity index is 1.35. The van der Waals surface area contributed by atoms with Crippen molar-refractivity contribution in [1.29, 1.82) is 0 Å². The molecule has 0 radical (unpaired) electrons. The van der Waals surface area contributed by atoms with Gasteiger partial charge in [0.15, 0.2) is 15.1 Å². The predicted octanol–water partition coefficient (Wildman–Crippen LogP) is 5.00. The Morgan fingerprint density at radius 2 is 1.31 bits per heavy atom. The summed E-state index contributed by atoms with van der Waals surface area (Å²) in [7, 11) is -4.26. The van der Waals surface area contributed by atoms with Crippen LogP contribution in [0, 0.1) is 0 Å². The predicted molar refractivity (Wildman–Crippen MR) is 160 cm³/mol. The highest BCUT2D eigenvalue weighted by molar-refractivity contribution is 7.91. The number of sulfone groups is 1. The molecule has 0 fully saturated rings. The van der Waals surface area contributed by atoms with Crippen molar-refractivity contribution in [2.75, 3.05) is 16.9 Å². The van der Waals surface area contributed by atoms with Crippen LogP contribution in [-0.4, -0.2) is 68.0 Å². The van der Waals surface area contributed by atoms with Gasteiger partial charge in [-0.15, -0.1) is 20.5 Å². The van der Waals surface area contributed by atoms with Crippen molar-refractivity contribution in [1.82, 2.24) is 19.1 Å². The second-order valence-corrected chi connectivity index (χ2v) is 12.2. The summed E-state index contributed by atoms with van der Waals surface area (Å²) >= 11 is 11.7. The number of hydrogen-bond donors (Lipinski definition) is 4. The van der Waals surface area contributed by atoms with Crippen molar-refractivity contribution in [3.8, 4) is 11.8 Å². The Kier molecular flexibility index (Phi) is 7.35. The summed E-state index contributed by atoms with van der Waals surface area (Å²) < 4.78 is 28.1. The zero-order chi connectivity index (χ0) is 32.0. The van der Waals surface area contributed by atoms with Crippen LogP contribution in [0.25, 0.3) is 0 Å². The zero-order valence-corrected chi connectivity index (χ0v) is 24.7. The van der Waals surface area contributed by atoms with Crippen molar-refractivity contribution in [2.24, 2.45) is 30.4 Å². The summed E-state index contributed by atoms with van der Waals surface area (Å²) in [5, 5.41) is 40.6. The van der Waals surface area contributed by atoms with E-state index in [2.05, 4.69) is 51.0 Å². The standard InChI is InChI=1S/C24H16Cl2N12O6S/c1-45(43,44)15(14-19(40)38-20(29-14)35-36-22(38)32-24(42)28-13-8-4-11(26)5-9-13)16-30-18(39)17-33-34-21(37(16)17)31-23(41)27-12-6-2-10(25)3-7-12/h2-9,15,39-40H,1H3,(H,27,41)(H,28,42). The first-order chi connectivity index (χ1) is 21.4. The molecule has 0 saturated heterocycles. The van der Waals surface area contributed by atoms with Gasteiger partial charge in [0.25, 0.3) is 23.7 Å². The maximum absolute atomic E-state index is 13.2. The van der Waals surface area contributed by atoms with Crippen LogP contribution in [0.1, 0.15) is 16.8 Å². The minimum absolute atomic E-state index is 0.308. The zero-order valence-electron chi connectivity index (χ0n) is 22.4. The third-order valence-electron chi connectivity index (χ3n) is 6.09. The van der Waals surface area contributed by atoms with Crippen molar-refractivity contribution < 1.29 is 28.2 Å². The van der Waals surface area contributed by atoms with Gasteiger partial charge < -0.3 is 20.8 Å². The number of azo groups is 2. The molecule has 1 atom stereocenters. The normalized spacial score (nSPS) is 15.8. The molecule has 4 amide bonds. The minimum Gasteiger partial charge on any atom is -0.493 e. The summed E-state index contributed by atoms with van der Waals surface area (Å²) in [4.78, 5) is 40.8. The van der Waals surface area contributed by atoms with Crippen LogP contribution in [-0.2, 0) is 9.84 Å². The van der Waals surface area contributed by atoms with E-state index in [1.807, 2.05) is 0 Å². The summed E-state index contributed by atoms with van der Waals surface area (Å²) in [6.07, 6.45) is 0.823. The van der Waals surface area contributed by atoms with Gasteiger partial charge in [0.2, 0.25) is 11.7 Å². The Hall–Kier alpha value is -5.53. The molecule has 0 spiro atoms. The van der Waals surface area contributed by atoms with Crippen LogP contribution < -0.4 is 10.6 Å². The number of rotatable bonds is 5. The second kappa shape index (κ2) is 11.2. The van der Waals surface area contributed by atoms with E-state index in [4.69, 9.17) is 23.2 Å². The van der Waals surface area contributed by atoms with Gasteiger partial charge in [0.1, 0.15) is 11.5 Å². The fraction of sp³-hybridized carbons (Fsp3) is 0.0833. The highest BCUT2D eigenvalue weighted by atomic mass is 35.5. The first-order valence-corrected chi connectivity index (χ1v) is 15.1. The topological polar surface area (TPSA) is 243 Å². The van der Waals surface area contributed by atoms with Gasteiger partial charge in [0.05, 0.1) is 0 Å². The number of halogens is 2. The maximum Gasteiger partial charge on any atom is 0.348 e. The Morgan fingerprint density at radius 1 is 0.800 bits per heavy atom. The molecule has 228 valence electrons. The monoisotopic (exact) mass is 670 g/mol. The molecule has 4 heterocycles. The van der Waals surface area contributed by atoms with Crippen LogP contribution in [0.3, 0.4) is 0 Å². The van der Waals surface area contributed by atoms with E-state index in [0.717, 1.165) is 15.4 Å². The lowest BCUT2D eigenvalue weighted by Crippen LogP contribution is -2.22. The first-order valence-electron chi connectivity index (χ1n) is 12.4. The van der Waals surface area contributed by atoms with Crippen LogP contribution in [0.5, 0.6) is 11.8 Å². The van der Waals surface area contributed by atoms with Crippen LogP contribution >= 0.6 is 23.2 Å². The summed E-state index contributed by atoms with van der Waals surface area (Å²) in [5.74, 6) is -3.51. The molecule has 0 aliphatic carbocycles. The van der Waals surface area contributed by atoms with Crippen molar-refractivity contribution >= 4 is 80.2 Å². The van der Waals surface area contributed by atoms with Crippen LogP contribution in [0.15, 0.2) is 79.0 Å². The van der Waals surface area contributed by atoms with E-state index in [0.29, 0.717) is 21.4 Å². The van der Waals surface area contributed by atoms with Crippen molar-refractivity contribution in [3.05, 3.63) is 70.1 Å². The lowest BCUT2D eigenvalue weighted by molar-refractivity contribution is 0.258. The number of imidazole rings is 2. The number of anilines is 2. The molecule has 2 aliphatic heterocycles. The molecule has 21 heteroatoms. The van der Waals surface area contributed by atoms with Crippen LogP contribution in [0.4, 0.5) is 32.7 Å². The number of benzene rings is 2. The Bertz CT molecular complexity index is 2120. The van der Waals surface area contributed by atoms with Gasteiger partial charge in [0, 0.05) is 27.7 Å². The SMILES string of the molecule is CS(=O)(=O)C(c1nc2n(c1O)C(=NC(=O)Nc1ccc(Cl)cc1)N=N2)c1nc(O)c2n1C(=NC(=O)Nc1ccc(Cl)cc1)N=N2. The van der Waals surface area contributed by atoms with Crippen LogP contribution in [0.2, 0.25) is 10.0 Å². The van der Waals surface area contributed by atoms with E-state index in [1.165, 1.54) is 36.4 Å². The number of urea groups is 2. The molecular formula is C24H16Cl2N12O6S. The average Bonchev–Trinajstić information content (AvgIpc) is 3.72. The van der Waals surface area contributed by atoms with Crippen molar-refractivity contribution in [3.63, 3.8) is 0 Å². The summed E-state index contributed by atoms with van der Waals surface area (Å²) in [6.45, 7) is 0. The molecular weight excluding hydrogens is 655 g/mol. The molecule has 0 bridgehead atoms. The van der Waals surface area contributed by atoms with E-state index < -0.39 is 62.3 Å². The number of fused-ring (bicyclic) bond motifs is 2.